The molecule has 96 valence electrons. The van der Waals surface area contributed by atoms with E-state index in [-0.39, 0.29) is 11.2 Å². The third-order valence-electron chi connectivity index (χ3n) is 2.69. The summed E-state index contributed by atoms with van der Waals surface area (Å²) in [5.74, 6) is 0.257. The summed E-state index contributed by atoms with van der Waals surface area (Å²) in [4.78, 5) is 0.441. The molecule has 0 bridgehead atoms. The van der Waals surface area contributed by atoms with Crippen molar-refractivity contribution in [3.8, 4) is 0 Å². The van der Waals surface area contributed by atoms with Crippen molar-refractivity contribution in [2.24, 2.45) is 5.41 Å². The fourth-order valence-corrected chi connectivity index (χ4v) is 3.08. The summed E-state index contributed by atoms with van der Waals surface area (Å²) in [6, 6.07) is 8.70. The van der Waals surface area contributed by atoms with Gasteiger partial charge in [-0.3, -0.25) is 0 Å². The highest BCUT2D eigenvalue weighted by Gasteiger charge is 2.14. The van der Waals surface area contributed by atoms with Gasteiger partial charge >= 0.3 is 0 Å². The van der Waals surface area contributed by atoms with Crippen molar-refractivity contribution >= 4 is 9.84 Å². The number of rotatable bonds is 5. The maximum absolute atomic E-state index is 12.0. The Morgan fingerprint density at radius 1 is 1.00 bits per heavy atom. The SMILES string of the molecule is CC(C)(C)CCCCS(=O)(=O)c1ccccc1. The normalized spacial score (nSPS) is 12.6. The van der Waals surface area contributed by atoms with Crippen LogP contribution in [-0.2, 0) is 9.84 Å². The van der Waals surface area contributed by atoms with Gasteiger partial charge in [0.2, 0.25) is 0 Å². The van der Waals surface area contributed by atoms with Crippen LogP contribution in [0.15, 0.2) is 35.2 Å². The monoisotopic (exact) mass is 254 g/mol. The third kappa shape index (κ3) is 5.35. The first kappa shape index (κ1) is 14.2. The van der Waals surface area contributed by atoms with Gasteiger partial charge in [0.25, 0.3) is 0 Å². The van der Waals surface area contributed by atoms with Gasteiger partial charge < -0.3 is 0 Å². The highest BCUT2D eigenvalue weighted by molar-refractivity contribution is 7.91. The van der Waals surface area contributed by atoms with Gasteiger partial charge in [0.15, 0.2) is 9.84 Å². The van der Waals surface area contributed by atoms with Crippen LogP contribution in [0.3, 0.4) is 0 Å². The predicted octanol–water partition coefficient (Wildman–Crippen LogP) is 3.68. The number of sulfone groups is 1. The van der Waals surface area contributed by atoms with Gasteiger partial charge in [0, 0.05) is 0 Å². The number of hydrogen-bond acceptors (Lipinski definition) is 2. The molecule has 17 heavy (non-hydrogen) atoms. The van der Waals surface area contributed by atoms with Crippen molar-refractivity contribution < 1.29 is 8.42 Å². The van der Waals surface area contributed by atoms with Gasteiger partial charge in [-0.25, -0.2) is 8.42 Å². The Labute approximate surface area is 105 Å². The molecule has 0 amide bonds. The van der Waals surface area contributed by atoms with Crippen LogP contribution in [0.2, 0.25) is 0 Å². The van der Waals surface area contributed by atoms with Gasteiger partial charge in [-0.2, -0.15) is 0 Å². The first-order valence-corrected chi connectivity index (χ1v) is 7.74. The lowest BCUT2D eigenvalue weighted by Gasteiger charge is -2.17. The standard InChI is InChI=1S/C14H22O2S/c1-14(2,3)11-7-8-12-17(15,16)13-9-5-4-6-10-13/h4-6,9-10H,7-8,11-12H2,1-3H3. The zero-order chi connectivity index (χ0) is 12.9. The van der Waals surface area contributed by atoms with E-state index < -0.39 is 9.84 Å². The highest BCUT2D eigenvalue weighted by Crippen LogP contribution is 2.22. The molecule has 1 aromatic rings. The molecule has 0 aromatic heterocycles. The molecule has 0 unspecified atom stereocenters. The van der Waals surface area contributed by atoms with Gasteiger partial charge in [0.05, 0.1) is 10.6 Å². The summed E-state index contributed by atoms with van der Waals surface area (Å²) in [5.41, 5.74) is 0.288. The molecule has 2 nitrogen and oxygen atoms in total. The Morgan fingerprint density at radius 3 is 2.12 bits per heavy atom. The second-order valence-electron chi connectivity index (χ2n) is 5.65. The molecule has 0 radical (unpaired) electrons. The van der Waals surface area contributed by atoms with E-state index in [1.165, 1.54) is 0 Å². The Hall–Kier alpha value is -0.830. The lowest BCUT2D eigenvalue weighted by Crippen LogP contribution is -2.09. The molecule has 0 aliphatic carbocycles. The maximum atomic E-state index is 12.0. The van der Waals surface area contributed by atoms with Crippen molar-refractivity contribution in [2.45, 2.75) is 44.9 Å². The second kappa shape index (κ2) is 5.67. The minimum atomic E-state index is -3.08. The zero-order valence-electron chi connectivity index (χ0n) is 10.9. The zero-order valence-corrected chi connectivity index (χ0v) is 11.8. The lowest BCUT2D eigenvalue weighted by atomic mass is 9.90. The molecule has 3 heteroatoms. The van der Waals surface area contributed by atoms with Crippen molar-refractivity contribution in [3.05, 3.63) is 30.3 Å². The fourth-order valence-electron chi connectivity index (χ4n) is 1.69. The Bertz CT molecular complexity index is 427. The number of hydrogen-bond donors (Lipinski definition) is 0. The van der Waals surface area contributed by atoms with Crippen molar-refractivity contribution in [2.75, 3.05) is 5.75 Å². The Balaban J connectivity index is 2.47. The first-order chi connectivity index (χ1) is 7.81. The van der Waals surface area contributed by atoms with Gasteiger partial charge in [-0.1, -0.05) is 45.4 Å². The first-order valence-electron chi connectivity index (χ1n) is 6.09. The molecular formula is C14H22O2S. The molecule has 0 aliphatic heterocycles. The van der Waals surface area contributed by atoms with Gasteiger partial charge in [-0.05, 0) is 30.4 Å². The predicted molar refractivity (Wildman–Crippen MR) is 71.8 cm³/mol. The van der Waals surface area contributed by atoms with Crippen LogP contribution >= 0.6 is 0 Å². The number of benzene rings is 1. The summed E-state index contributed by atoms with van der Waals surface area (Å²) in [7, 11) is -3.08. The molecule has 0 N–H and O–H groups in total. The van der Waals surface area contributed by atoms with Crippen LogP contribution in [0.25, 0.3) is 0 Å². The van der Waals surface area contributed by atoms with E-state index in [0.29, 0.717) is 4.90 Å². The van der Waals surface area contributed by atoms with Crippen LogP contribution in [-0.4, -0.2) is 14.2 Å². The van der Waals surface area contributed by atoms with Crippen molar-refractivity contribution in [3.63, 3.8) is 0 Å². The topological polar surface area (TPSA) is 34.1 Å². The van der Waals surface area contributed by atoms with Gasteiger partial charge in [0.1, 0.15) is 0 Å². The number of unbranched alkanes of at least 4 members (excludes halogenated alkanes) is 1. The Kier molecular flexibility index (Phi) is 4.75. The highest BCUT2D eigenvalue weighted by atomic mass is 32.2. The third-order valence-corrected chi connectivity index (χ3v) is 4.51. The average Bonchev–Trinajstić information content (AvgIpc) is 2.25. The fraction of sp³-hybridized carbons (Fsp3) is 0.571. The van der Waals surface area contributed by atoms with E-state index in [9.17, 15) is 8.42 Å². The second-order valence-corrected chi connectivity index (χ2v) is 7.76. The van der Waals surface area contributed by atoms with E-state index in [4.69, 9.17) is 0 Å². The maximum Gasteiger partial charge on any atom is 0.178 e. The molecule has 1 aromatic carbocycles. The Morgan fingerprint density at radius 2 is 1.59 bits per heavy atom. The molecule has 0 fully saturated rings. The summed E-state index contributed by atoms with van der Waals surface area (Å²) < 4.78 is 23.9. The average molecular weight is 254 g/mol. The molecule has 0 spiro atoms. The van der Waals surface area contributed by atoms with Crippen molar-refractivity contribution in [1.29, 1.82) is 0 Å². The van der Waals surface area contributed by atoms with Crippen LogP contribution < -0.4 is 0 Å². The van der Waals surface area contributed by atoms with Crippen LogP contribution in [0.1, 0.15) is 40.0 Å². The minimum Gasteiger partial charge on any atom is -0.224 e. The molecule has 0 saturated heterocycles. The smallest absolute Gasteiger partial charge is 0.178 e. The molecule has 0 saturated carbocycles. The van der Waals surface area contributed by atoms with Crippen LogP contribution in [0, 0.1) is 5.41 Å². The van der Waals surface area contributed by atoms with Crippen molar-refractivity contribution in [1.82, 2.24) is 0 Å². The molecule has 0 atom stereocenters. The summed E-state index contributed by atoms with van der Waals surface area (Å²) in [6.45, 7) is 6.54. The molecule has 1 rings (SSSR count). The van der Waals surface area contributed by atoms with Crippen LogP contribution in [0.4, 0.5) is 0 Å². The summed E-state index contributed by atoms with van der Waals surface area (Å²) in [5, 5.41) is 0. The largest absolute Gasteiger partial charge is 0.224 e. The van der Waals surface area contributed by atoms with E-state index >= 15 is 0 Å². The minimum absolute atomic E-state index is 0.257. The van der Waals surface area contributed by atoms with Crippen LogP contribution in [0.5, 0.6) is 0 Å². The van der Waals surface area contributed by atoms with E-state index in [1.54, 1.807) is 24.3 Å². The van der Waals surface area contributed by atoms with Gasteiger partial charge in [-0.15, -0.1) is 0 Å². The quantitative estimate of drug-likeness (QED) is 0.751. The molecular weight excluding hydrogens is 232 g/mol. The van der Waals surface area contributed by atoms with E-state index in [0.717, 1.165) is 19.3 Å². The summed E-state index contributed by atoms with van der Waals surface area (Å²) in [6.07, 6.45) is 2.78. The van der Waals surface area contributed by atoms with E-state index in [2.05, 4.69) is 20.8 Å². The van der Waals surface area contributed by atoms with E-state index in [1.807, 2.05) is 6.07 Å². The summed E-state index contributed by atoms with van der Waals surface area (Å²) >= 11 is 0. The molecule has 0 aliphatic rings. The molecule has 0 heterocycles. The lowest BCUT2D eigenvalue weighted by molar-refractivity contribution is 0.363.